The lowest BCUT2D eigenvalue weighted by Gasteiger charge is -2.13. The summed E-state index contributed by atoms with van der Waals surface area (Å²) in [7, 11) is -4.42. The predicted octanol–water partition coefficient (Wildman–Crippen LogP) is 4.77. The zero-order valence-electron chi connectivity index (χ0n) is 16.7. The Bertz CT molecular complexity index is 1390. The summed E-state index contributed by atoms with van der Waals surface area (Å²) in [5, 5.41) is 11.1. The maximum atomic E-state index is 12.8. The first kappa shape index (κ1) is 22.6. The number of rotatable bonds is 6. The Kier molecular flexibility index (Phi) is 6.27. The van der Waals surface area contributed by atoms with Gasteiger partial charge in [-0.1, -0.05) is 66.4 Å². The Balaban J connectivity index is 1.54. The van der Waals surface area contributed by atoms with E-state index in [1.807, 2.05) is 18.2 Å². The van der Waals surface area contributed by atoms with Crippen LogP contribution in [-0.2, 0) is 14.9 Å². The van der Waals surface area contributed by atoms with E-state index in [9.17, 15) is 23.3 Å². The van der Waals surface area contributed by atoms with Crippen LogP contribution in [0.5, 0.6) is 5.75 Å². The topological polar surface area (TPSA) is 107 Å². The van der Waals surface area contributed by atoms with Gasteiger partial charge in [0.25, 0.3) is 11.6 Å². The van der Waals surface area contributed by atoms with E-state index in [0.717, 1.165) is 12.1 Å². The van der Waals surface area contributed by atoms with Crippen LogP contribution >= 0.6 is 24.0 Å². The lowest BCUT2D eigenvalue weighted by molar-refractivity contribution is -0.387. The summed E-state index contributed by atoms with van der Waals surface area (Å²) in [5.74, 6) is -0.280. The van der Waals surface area contributed by atoms with Crippen LogP contribution < -0.4 is 9.08 Å². The molecule has 0 aliphatic carbocycles. The molecule has 1 saturated heterocycles. The Labute approximate surface area is 198 Å². The number of hydrogen-bond donors (Lipinski definition) is 0. The molecule has 0 radical (unpaired) electrons. The fourth-order valence-electron chi connectivity index (χ4n) is 3.03. The summed E-state index contributed by atoms with van der Waals surface area (Å²) in [5.41, 5.74) is 0.723. The third-order valence-electron chi connectivity index (χ3n) is 4.52. The van der Waals surface area contributed by atoms with Gasteiger partial charge in [0, 0.05) is 6.07 Å². The highest BCUT2D eigenvalue weighted by Gasteiger charge is 2.33. The van der Waals surface area contributed by atoms with Gasteiger partial charge in [-0.05, 0) is 42.0 Å². The molecule has 1 aliphatic rings. The summed E-state index contributed by atoms with van der Waals surface area (Å²) in [6.45, 7) is 0. The molecule has 1 fully saturated rings. The maximum absolute atomic E-state index is 12.8. The van der Waals surface area contributed by atoms with E-state index in [-0.39, 0.29) is 11.7 Å². The second-order valence-corrected chi connectivity index (χ2v) is 9.87. The molecule has 0 atom stereocenters. The van der Waals surface area contributed by atoms with Crippen molar-refractivity contribution in [2.45, 2.75) is 4.90 Å². The molecule has 0 spiro atoms. The molecule has 11 heteroatoms. The van der Waals surface area contributed by atoms with Crippen LogP contribution in [0.4, 0.5) is 11.4 Å². The van der Waals surface area contributed by atoms with Gasteiger partial charge in [0.05, 0.1) is 15.5 Å². The van der Waals surface area contributed by atoms with Gasteiger partial charge >= 0.3 is 10.1 Å². The van der Waals surface area contributed by atoms with Crippen molar-refractivity contribution < 1.29 is 22.3 Å². The number of amides is 1. The van der Waals surface area contributed by atoms with Gasteiger partial charge < -0.3 is 4.18 Å². The van der Waals surface area contributed by atoms with E-state index in [4.69, 9.17) is 16.4 Å². The van der Waals surface area contributed by atoms with Gasteiger partial charge in [0.15, 0.2) is 9.22 Å². The van der Waals surface area contributed by atoms with Crippen molar-refractivity contribution in [3.63, 3.8) is 0 Å². The number of nitro benzene ring substituents is 1. The molecule has 1 aliphatic heterocycles. The Morgan fingerprint density at radius 2 is 1.61 bits per heavy atom. The number of nitrogens with zero attached hydrogens (tertiary/aromatic N) is 2. The first-order valence-electron chi connectivity index (χ1n) is 9.37. The van der Waals surface area contributed by atoms with Crippen LogP contribution in [0.3, 0.4) is 0 Å². The van der Waals surface area contributed by atoms with Crippen LogP contribution in [0, 0.1) is 10.1 Å². The highest BCUT2D eigenvalue weighted by atomic mass is 32.2. The molecule has 0 N–H and O–H groups in total. The minimum absolute atomic E-state index is 0.0258. The van der Waals surface area contributed by atoms with Crippen LogP contribution in [0.1, 0.15) is 5.56 Å². The molecule has 3 aromatic rings. The Morgan fingerprint density at radius 1 is 0.970 bits per heavy atom. The van der Waals surface area contributed by atoms with Crippen molar-refractivity contribution >= 4 is 61.8 Å². The van der Waals surface area contributed by atoms with Gasteiger partial charge in [-0.25, -0.2) is 0 Å². The average Bonchev–Trinajstić information content (AvgIpc) is 3.08. The first-order chi connectivity index (χ1) is 15.8. The monoisotopic (exact) mass is 498 g/mol. The highest BCUT2D eigenvalue weighted by Crippen LogP contribution is 2.36. The van der Waals surface area contributed by atoms with E-state index < -0.39 is 25.6 Å². The number of hydrogen-bond acceptors (Lipinski definition) is 8. The second-order valence-electron chi connectivity index (χ2n) is 6.68. The highest BCUT2D eigenvalue weighted by molar-refractivity contribution is 8.27. The molecule has 4 rings (SSSR count). The summed E-state index contributed by atoms with van der Waals surface area (Å²) >= 11 is 6.51. The summed E-state index contributed by atoms with van der Waals surface area (Å²) in [4.78, 5) is 24.5. The SMILES string of the molecule is O=C1C(=Cc2ccc(OS(=O)(=O)c3ccccc3[N+](=O)[O-])cc2)SC(=S)N1c1ccccc1. The van der Waals surface area contributed by atoms with Crippen molar-refractivity contribution in [3.05, 3.63) is 99.4 Å². The third-order valence-corrected chi connectivity index (χ3v) is 7.12. The fraction of sp³-hybridized carbons (Fsp3) is 0. The fourth-order valence-corrected chi connectivity index (χ4v) is 5.43. The van der Waals surface area contributed by atoms with E-state index >= 15 is 0 Å². The number of nitro groups is 1. The Morgan fingerprint density at radius 3 is 2.27 bits per heavy atom. The van der Waals surface area contributed by atoms with Crippen LogP contribution in [0.2, 0.25) is 0 Å². The summed E-state index contributed by atoms with van der Waals surface area (Å²) in [6.07, 6.45) is 1.64. The number of benzene rings is 3. The average molecular weight is 499 g/mol. The van der Waals surface area contributed by atoms with E-state index in [1.165, 1.54) is 40.9 Å². The standard InChI is InChI=1S/C22H14N2O6S3/c25-21-19(32-22(31)23(21)16-6-2-1-3-7-16)14-15-10-12-17(13-11-15)30-33(28,29)20-9-5-4-8-18(20)24(26)27/h1-14H. The number of thiocarbonyl (C=S) groups is 1. The number of anilines is 1. The lowest BCUT2D eigenvalue weighted by atomic mass is 10.2. The molecule has 33 heavy (non-hydrogen) atoms. The minimum atomic E-state index is -4.42. The maximum Gasteiger partial charge on any atom is 0.346 e. The van der Waals surface area contributed by atoms with E-state index in [2.05, 4.69) is 0 Å². The molecule has 1 amide bonds. The zero-order chi connectivity index (χ0) is 23.6. The molecule has 1 heterocycles. The van der Waals surface area contributed by atoms with Crippen LogP contribution in [0.25, 0.3) is 6.08 Å². The van der Waals surface area contributed by atoms with Crippen molar-refractivity contribution in [3.8, 4) is 5.75 Å². The number of thioether (sulfide) groups is 1. The van der Waals surface area contributed by atoms with Gasteiger partial charge in [-0.3, -0.25) is 19.8 Å². The molecule has 166 valence electrons. The molecule has 0 aromatic heterocycles. The molecular formula is C22H14N2O6S3. The first-order valence-corrected chi connectivity index (χ1v) is 12.0. The lowest BCUT2D eigenvalue weighted by Crippen LogP contribution is -2.27. The summed E-state index contributed by atoms with van der Waals surface area (Å²) < 4.78 is 30.5. The van der Waals surface area contributed by atoms with E-state index in [0.29, 0.717) is 20.5 Å². The van der Waals surface area contributed by atoms with Gasteiger partial charge in [0.1, 0.15) is 5.75 Å². The predicted molar refractivity (Wildman–Crippen MR) is 129 cm³/mol. The summed E-state index contributed by atoms with van der Waals surface area (Å²) in [6, 6.07) is 19.9. The second kappa shape index (κ2) is 9.14. The Hall–Kier alpha value is -3.54. The van der Waals surface area contributed by atoms with Crippen LogP contribution in [0.15, 0.2) is 88.7 Å². The third kappa shape index (κ3) is 4.80. The van der Waals surface area contributed by atoms with Crippen LogP contribution in [-0.4, -0.2) is 23.6 Å². The number of carbonyl (C=O) groups excluding carboxylic acids is 1. The van der Waals surface area contributed by atoms with Gasteiger partial charge in [-0.15, -0.1) is 0 Å². The number of para-hydroxylation sites is 2. The van der Waals surface area contributed by atoms with Gasteiger partial charge in [-0.2, -0.15) is 8.42 Å². The quantitative estimate of drug-likeness (QED) is 0.157. The van der Waals surface area contributed by atoms with Crippen molar-refractivity contribution in [1.82, 2.24) is 0 Å². The van der Waals surface area contributed by atoms with Crippen molar-refractivity contribution in [2.24, 2.45) is 0 Å². The number of carbonyl (C=O) groups is 1. The largest absolute Gasteiger partial charge is 0.379 e. The minimum Gasteiger partial charge on any atom is -0.379 e. The molecule has 0 saturated carbocycles. The molecule has 8 nitrogen and oxygen atoms in total. The molecule has 0 bridgehead atoms. The van der Waals surface area contributed by atoms with Crippen molar-refractivity contribution in [2.75, 3.05) is 4.90 Å². The van der Waals surface area contributed by atoms with E-state index in [1.54, 1.807) is 30.3 Å². The smallest absolute Gasteiger partial charge is 0.346 e. The molecule has 0 unspecified atom stereocenters. The molecular weight excluding hydrogens is 484 g/mol. The normalized spacial score (nSPS) is 15.2. The van der Waals surface area contributed by atoms with Gasteiger partial charge in [0.2, 0.25) is 0 Å². The molecule has 3 aromatic carbocycles. The zero-order valence-corrected chi connectivity index (χ0v) is 19.1. The van der Waals surface area contributed by atoms with Crippen molar-refractivity contribution in [1.29, 1.82) is 0 Å².